The lowest BCUT2D eigenvalue weighted by atomic mass is 10.5. The highest BCUT2D eigenvalue weighted by molar-refractivity contribution is 8.23. The van der Waals surface area contributed by atoms with Gasteiger partial charge in [0.25, 0.3) is 5.88 Å². The Balaban J connectivity index is 0.00000254. The smallest absolute Gasteiger partial charge is 0.258 e. The van der Waals surface area contributed by atoms with Gasteiger partial charge in [-0.15, -0.1) is 23.2 Å². The third kappa shape index (κ3) is 7.27. The molecule has 138 valence electrons. The zero-order valence-electron chi connectivity index (χ0n) is 14.2. The van der Waals surface area contributed by atoms with Crippen molar-refractivity contribution in [2.75, 3.05) is 17.7 Å². The molecule has 1 rings (SSSR count). The van der Waals surface area contributed by atoms with Gasteiger partial charge < -0.3 is 4.74 Å². The molecule has 1 N–H and O–H groups in total. The van der Waals surface area contributed by atoms with Crippen molar-refractivity contribution in [3.05, 3.63) is 21.2 Å². The first-order valence-electron chi connectivity index (χ1n) is 6.99. The van der Waals surface area contributed by atoms with E-state index in [-0.39, 0.29) is 31.6 Å². The van der Waals surface area contributed by atoms with Gasteiger partial charge in [-0.3, -0.25) is 4.72 Å². The number of hydrogen-bond acceptors (Lipinski definition) is 5. The number of hydrogen-bond donors (Lipinski definition) is 1. The highest BCUT2D eigenvalue weighted by Gasteiger charge is 2.21. The summed E-state index contributed by atoms with van der Waals surface area (Å²) in [7, 11) is -1.58. The van der Waals surface area contributed by atoms with Gasteiger partial charge in [0.15, 0.2) is 0 Å². The summed E-state index contributed by atoms with van der Waals surface area (Å²) in [4.78, 5) is 8.27. The number of anilines is 1. The zero-order chi connectivity index (χ0) is 18.9. The number of alkyl halides is 2. The second-order valence-corrected chi connectivity index (χ2v) is 9.34. The molecular formula is C14H22Cl3N3O2S2. The number of aromatic nitrogens is 2. The Morgan fingerprint density at radius 3 is 2.58 bits per heavy atom. The number of rotatable bonds is 7. The molecule has 0 aliphatic carbocycles. The number of halogens is 3. The summed E-state index contributed by atoms with van der Waals surface area (Å²) in [6.45, 7) is 7.49. The van der Waals surface area contributed by atoms with E-state index in [4.69, 9.17) is 39.5 Å². The van der Waals surface area contributed by atoms with Crippen LogP contribution in [0.5, 0.6) is 5.88 Å². The van der Waals surface area contributed by atoms with Gasteiger partial charge in [-0.05, 0) is 19.7 Å². The molecule has 0 fully saturated rings. The predicted molar refractivity (Wildman–Crippen MR) is 110 cm³/mol. The Hall–Kier alpha value is -0.340. The van der Waals surface area contributed by atoms with E-state index in [1.54, 1.807) is 13.8 Å². The number of allylic oxidation sites excluding steroid dienone is 1. The van der Waals surface area contributed by atoms with Crippen LogP contribution in [0, 0.1) is 6.92 Å². The van der Waals surface area contributed by atoms with Gasteiger partial charge in [0.1, 0.15) is 0 Å². The van der Waals surface area contributed by atoms with Crippen LogP contribution >= 0.6 is 46.6 Å². The molecule has 0 spiro atoms. The van der Waals surface area contributed by atoms with Crippen molar-refractivity contribution in [2.45, 2.75) is 32.4 Å². The number of ether oxygens (including phenoxy) is 1. The van der Waals surface area contributed by atoms with Crippen molar-refractivity contribution in [2.24, 2.45) is 0 Å². The highest BCUT2D eigenvalue weighted by Crippen LogP contribution is 2.35. The summed E-state index contributed by atoms with van der Waals surface area (Å²) in [5.41, 5.74) is 0.663. The molecule has 2 unspecified atom stereocenters. The molecule has 0 saturated carbocycles. The molecule has 0 aromatic carbocycles. The normalized spacial score (nSPS) is 15.3. The number of nitrogens with one attached hydrogen (secondary N) is 1. The van der Waals surface area contributed by atoms with Crippen molar-refractivity contribution in [3.8, 4) is 5.88 Å². The van der Waals surface area contributed by atoms with Crippen molar-refractivity contribution in [1.29, 1.82) is 0 Å². The van der Waals surface area contributed by atoms with E-state index in [1.165, 1.54) is 13.3 Å². The van der Waals surface area contributed by atoms with Crippen LogP contribution in [0.25, 0.3) is 0 Å². The van der Waals surface area contributed by atoms with Crippen molar-refractivity contribution >= 4 is 68.0 Å². The Labute approximate surface area is 163 Å². The maximum absolute atomic E-state index is 12.9. The summed E-state index contributed by atoms with van der Waals surface area (Å²) in [5.74, 6) is 4.11. The fourth-order valence-corrected chi connectivity index (χ4v) is 5.27. The summed E-state index contributed by atoms with van der Waals surface area (Å²) < 4.78 is 20.7. The molecule has 24 heavy (non-hydrogen) atoms. The third-order valence-corrected chi connectivity index (χ3v) is 6.69. The minimum absolute atomic E-state index is 0.00159. The maximum Gasteiger partial charge on any atom is 0.258 e. The number of thioether (sulfide) groups is 1. The van der Waals surface area contributed by atoms with Gasteiger partial charge in [0.2, 0.25) is 5.82 Å². The van der Waals surface area contributed by atoms with Gasteiger partial charge in [0, 0.05) is 0 Å². The fraction of sp³-hybridized carbons (Fsp3) is 0.500. The monoisotopic (exact) mass is 433 g/mol. The standard InChI is InChI=1S/C12H16Cl3N3O2S2.C2H6/c1-7-6-16-10(11(17-7)20-3)18-22(4,19)12(9(15)5-13)21-8(2)14;1-2/h6,8H,4-5H2,1-3H3,(H,16,18,19);1-2H3/b12-9-;. The molecule has 2 atom stereocenters. The second-order valence-electron chi connectivity index (χ2n) is 4.13. The van der Waals surface area contributed by atoms with Crippen LogP contribution < -0.4 is 9.46 Å². The van der Waals surface area contributed by atoms with Crippen LogP contribution in [-0.2, 0) is 9.71 Å². The SMILES string of the molecule is C=S(=O)(Nc1ncc(C)nc1OC)/C(SC(C)Cl)=C(\Cl)CCl.CC. The summed E-state index contributed by atoms with van der Waals surface area (Å²) in [5, 5.41) is 0.214. The average molecular weight is 435 g/mol. The van der Waals surface area contributed by atoms with Crippen LogP contribution in [0.4, 0.5) is 5.82 Å². The molecule has 0 aliphatic rings. The maximum atomic E-state index is 12.9. The molecule has 0 radical (unpaired) electrons. The largest absolute Gasteiger partial charge is 0.478 e. The van der Waals surface area contributed by atoms with E-state index in [9.17, 15) is 4.21 Å². The van der Waals surface area contributed by atoms with E-state index in [2.05, 4.69) is 20.6 Å². The molecule has 1 aromatic rings. The van der Waals surface area contributed by atoms with Crippen LogP contribution in [0.2, 0.25) is 0 Å². The van der Waals surface area contributed by atoms with Crippen molar-refractivity contribution < 1.29 is 8.95 Å². The molecular weight excluding hydrogens is 413 g/mol. The van der Waals surface area contributed by atoms with Crippen molar-refractivity contribution in [1.82, 2.24) is 9.97 Å². The molecule has 0 bridgehead atoms. The lowest BCUT2D eigenvalue weighted by molar-refractivity contribution is 0.397. The Bertz CT molecular complexity index is 665. The Morgan fingerprint density at radius 2 is 2.12 bits per heavy atom. The number of methoxy groups -OCH3 is 1. The van der Waals surface area contributed by atoms with Crippen LogP contribution in [-0.4, -0.2) is 37.7 Å². The van der Waals surface area contributed by atoms with Crippen LogP contribution in [0.15, 0.2) is 15.5 Å². The summed E-state index contributed by atoms with van der Waals surface area (Å²) in [6.07, 6.45) is 1.52. The van der Waals surface area contributed by atoms with Gasteiger partial charge >= 0.3 is 0 Å². The molecule has 0 amide bonds. The lowest BCUT2D eigenvalue weighted by Crippen LogP contribution is -2.17. The highest BCUT2D eigenvalue weighted by atomic mass is 35.5. The van der Waals surface area contributed by atoms with Gasteiger partial charge in [-0.1, -0.05) is 37.2 Å². The predicted octanol–water partition coefficient (Wildman–Crippen LogP) is 4.83. The molecule has 0 aliphatic heterocycles. The van der Waals surface area contributed by atoms with E-state index >= 15 is 0 Å². The van der Waals surface area contributed by atoms with Gasteiger partial charge in [0.05, 0.1) is 48.6 Å². The lowest BCUT2D eigenvalue weighted by Gasteiger charge is -2.18. The molecule has 1 aromatic heterocycles. The topological polar surface area (TPSA) is 64.1 Å². The summed E-state index contributed by atoms with van der Waals surface area (Å²) >= 11 is 18.9. The van der Waals surface area contributed by atoms with Gasteiger partial charge in [-0.25, -0.2) is 14.2 Å². The number of nitrogens with zero attached hydrogens (tertiary/aromatic N) is 2. The minimum Gasteiger partial charge on any atom is -0.478 e. The third-order valence-electron chi connectivity index (χ3n) is 2.22. The average Bonchev–Trinajstić information content (AvgIpc) is 2.55. The summed E-state index contributed by atoms with van der Waals surface area (Å²) in [6, 6.07) is 0. The van der Waals surface area contributed by atoms with E-state index < -0.39 is 9.71 Å². The minimum atomic E-state index is -3.02. The quantitative estimate of drug-likeness (QED) is 0.492. The van der Waals surface area contributed by atoms with E-state index in [1.807, 2.05) is 13.8 Å². The molecule has 10 heteroatoms. The van der Waals surface area contributed by atoms with Gasteiger partial charge in [-0.2, -0.15) is 0 Å². The van der Waals surface area contributed by atoms with Crippen LogP contribution in [0.1, 0.15) is 26.5 Å². The fourth-order valence-electron chi connectivity index (χ4n) is 1.39. The van der Waals surface area contributed by atoms with E-state index in [0.29, 0.717) is 5.69 Å². The molecule has 0 saturated heterocycles. The molecule has 1 heterocycles. The molecule has 5 nitrogen and oxygen atoms in total. The zero-order valence-corrected chi connectivity index (χ0v) is 18.1. The Morgan fingerprint density at radius 1 is 1.54 bits per heavy atom. The number of aryl methyl sites for hydroxylation is 1. The first kappa shape index (κ1) is 23.7. The first-order chi connectivity index (χ1) is 11.2. The first-order valence-corrected chi connectivity index (χ1v) is 10.9. The second kappa shape index (κ2) is 11.3. The van der Waals surface area contributed by atoms with Crippen molar-refractivity contribution in [3.63, 3.8) is 0 Å². The van der Waals surface area contributed by atoms with E-state index in [0.717, 1.165) is 11.8 Å². The Kier molecular flexibility index (Phi) is 11.1. The van der Waals surface area contributed by atoms with Crippen LogP contribution in [0.3, 0.4) is 0 Å².